The Bertz CT molecular complexity index is 127. The molecule has 0 bridgehead atoms. The van der Waals surface area contributed by atoms with E-state index in [1.165, 1.54) is 5.43 Å². The summed E-state index contributed by atoms with van der Waals surface area (Å²) in [5.74, 6) is 5.99. The van der Waals surface area contributed by atoms with Crippen LogP contribution in [0.4, 0.5) is 4.79 Å². The van der Waals surface area contributed by atoms with E-state index in [1.807, 2.05) is 0 Å². The molecule has 6 nitrogen and oxygen atoms in total. The Hall–Kier alpha value is -1.30. The van der Waals surface area contributed by atoms with Crippen LogP contribution < -0.4 is 11.3 Å². The molecule has 1 amide bonds. The van der Waals surface area contributed by atoms with E-state index in [1.54, 1.807) is 0 Å². The lowest BCUT2D eigenvalue weighted by atomic mass is 10.3. The van der Waals surface area contributed by atoms with Crippen molar-refractivity contribution in [2.75, 3.05) is 0 Å². The van der Waals surface area contributed by atoms with E-state index in [9.17, 15) is 0 Å². The quantitative estimate of drug-likeness (QED) is 0.223. The largest absolute Gasteiger partial charge is 0.483 e. The highest BCUT2D eigenvalue weighted by Gasteiger charge is 1.77. The molecule has 0 spiro atoms. The Morgan fingerprint density at radius 1 is 1.12 bits per heavy atom. The van der Waals surface area contributed by atoms with Gasteiger partial charge in [-0.15, -0.1) is 0 Å². The van der Waals surface area contributed by atoms with Crippen molar-refractivity contribution in [3.63, 3.8) is 0 Å². The summed E-state index contributed by atoms with van der Waals surface area (Å²) in [6.45, 7) is 12.7. The monoisotopic (exact) mass is 238 g/mol. The maximum atomic E-state index is 9.13. The van der Waals surface area contributed by atoms with E-state index >= 15 is 0 Å². The standard InChI is InChI=1S/2C4H10.CH4N2O2.CH2O2/c2*1-4(2)3;2-3-1(4)5;2-1-3/h2*4H,1-3H3;3H,2H2,(H,4,5);1H,(H,2,3). The molecule has 0 rings (SSSR count). The molecule has 0 aliphatic carbocycles. The molecule has 16 heavy (non-hydrogen) atoms. The number of hydrogen-bond donors (Lipinski definition) is 4. The summed E-state index contributed by atoms with van der Waals surface area (Å²) >= 11 is 0. The van der Waals surface area contributed by atoms with Gasteiger partial charge < -0.3 is 10.2 Å². The molecule has 0 aromatic rings. The van der Waals surface area contributed by atoms with Gasteiger partial charge in [-0.25, -0.2) is 10.6 Å². The van der Waals surface area contributed by atoms with Gasteiger partial charge in [-0.2, -0.15) is 0 Å². The van der Waals surface area contributed by atoms with Crippen LogP contribution in [-0.2, 0) is 4.79 Å². The smallest absolute Gasteiger partial charge is 0.418 e. The minimum Gasteiger partial charge on any atom is -0.483 e. The molecule has 0 aromatic heterocycles. The first kappa shape index (κ1) is 24.1. The van der Waals surface area contributed by atoms with Crippen LogP contribution in [0.15, 0.2) is 0 Å². The lowest BCUT2D eigenvalue weighted by Crippen LogP contribution is -2.27. The van der Waals surface area contributed by atoms with Gasteiger partial charge in [0.05, 0.1) is 0 Å². The average Bonchev–Trinajstić information content (AvgIpc) is 2.03. The summed E-state index contributed by atoms with van der Waals surface area (Å²) in [5.41, 5.74) is 1.44. The van der Waals surface area contributed by atoms with Crippen molar-refractivity contribution in [3.8, 4) is 0 Å². The minimum atomic E-state index is -1.22. The van der Waals surface area contributed by atoms with Crippen molar-refractivity contribution in [1.82, 2.24) is 5.43 Å². The molecule has 0 aliphatic rings. The van der Waals surface area contributed by atoms with Crippen LogP contribution in [0.3, 0.4) is 0 Å². The fraction of sp³-hybridized carbons (Fsp3) is 0.800. The Kier molecular flexibility index (Phi) is 35.4. The van der Waals surface area contributed by atoms with Gasteiger partial charge in [0.2, 0.25) is 0 Å². The Morgan fingerprint density at radius 2 is 1.19 bits per heavy atom. The van der Waals surface area contributed by atoms with Crippen molar-refractivity contribution >= 4 is 12.6 Å². The van der Waals surface area contributed by atoms with Crippen molar-refractivity contribution in [2.24, 2.45) is 17.7 Å². The van der Waals surface area contributed by atoms with Gasteiger partial charge in [-0.05, 0) is 11.8 Å². The number of nitrogens with two attached hydrogens (primary N) is 1. The predicted octanol–water partition coefficient (Wildman–Crippen LogP) is 2.15. The number of amides is 1. The zero-order chi connectivity index (χ0) is 14.1. The first-order valence-corrected chi connectivity index (χ1v) is 4.92. The van der Waals surface area contributed by atoms with Gasteiger partial charge in [0.15, 0.2) is 0 Å². The summed E-state index contributed by atoms with van der Waals surface area (Å²) in [6, 6.07) is 0. The molecule has 0 saturated carbocycles. The SMILES string of the molecule is CC(C)C.CC(C)C.NNC(=O)O.O=CO. The maximum Gasteiger partial charge on any atom is 0.418 e. The molecule has 5 N–H and O–H groups in total. The molecule has 0 atom stereocenters. The third-order valence-electron chi connectivity index (χ3n) is 0.123. The molecular formula is C10H26N2O4. The summed E-state index contributed by atoms with van der Waals surface area (Å²) in [6.07, 6.45) is -1.22. The number of carbonyl (C=O) groups is 2. The predicted molar refractivity (Wildman–Crippen MR) is 65.1 cm³/mol. The molecule has 0 radical (unpaired) electrons. The lowest BCUT2D eigenvalue weighted by Gasteiger charge is -1.79. The van der Waals surface area contributed by atoms with Crippen LogP contribution in [0.1, 0.15) is 41.5 Å². The highest BCUT2D eigenvalue weighted by Crippen LogP contribution is 1.81. The number of hydrogen-bond acceptors (Lipinski definition) is 3. The van der Waals surface area contributed by atoms with Crippen LogP contribution in [0.5, 0.6) is 0 Å². The zero-order valence-corrected chi connectivity index (χ0v) is 11.0. The van der Waals surface area contributed by atoms with Crippen LogP contribution in [0.2, 0.25) is 0 Å². The van der Waals surface area contributed by atoms with Crippen molar-refractivity contribution in [3.05, 3.63) is 0 Å². The third kappa shape index (κ3) is 3550. The second-order valence-corrected chi connectivity index (χ2v) is 4.02. The molecule has 0 fully saturated rings. The number of hydrazine groups is 1. The van der Waals surface area contributed by atoms with Gasteiger partial charge in [-0.3, -0.25) is 10.2 Å². The van der Waals surface area contributed by atoms with Gasteiger partial charge in [-0.1, -0.05) is 41.5 Å². The van der Waals surface area contributed by atoms with Gasteiger partial charge in [0, 0.05) is 0 Å². The summed E-state index contributed by atoms with van der Waals surface area (Å²) in [4.78, 5) is 17.5. The lowest BCUT2D eigenvalue weighted by molar-refractivity contribution is -0.122. The fourth-order valence-electron chi connectivity index (χ4n) is 0. The number of nitrogens with one attached hydrogen (secondary N) is 1. The molecule has 6 heteroatoms. The number of carboxylic acid groups (broad SMARTS) is 2. The van der Waals surface area contributed by atoms with Crippen LogP contribution in [-0.4, -0.2) is 22.8 Å². The normalized spacial score (nSPS) is 7.31. The topological polar surface area (TPSA) is 113 Å². The van der Waals surface area contributed by atoms with Crippen molar-refractivity contribution in [2.45, 2.75) is 41.5 Å². The summed E-state index contributed by atoms with van der Waals surface area (Å²) < 4.78 is 0. The van der Waals surface area contributed by atoms with E-state index in [0.29, 0.717) is 0 Å². The van der Waals surface area contributed by atoms with E-state index in [0.717, 1.165) is 11.8 Å². The van der Waals surface area contributed by atoms with E-state index in [4.69, 9.17) is 19.8 Å². The van der Waals surface area contributed by atoms with E-state index < -0.39 is 6.09 Å². The number of rotatable bonds is 0. The van der Waals surface area contributed by atoms with E-state index in [-0.39, 0.29) is 6.47 Å². The molecule has 0 aromatic carbocycles. The highest BCUT2D eigenvalue weighted by atomic mass is 16.4. The third-order valence-corrected chi connectivity index (χ3v) is 0.123. The van der Waals surface area contributed by atoms with Gasteiger partial charge in [0.25, 0.3) is 6.47 Å². The first-order chi connectivity index (χ1) is 7.15. The summed E-state index contributed by atoms with van der Waals surface area (Å²) in [7, 11) is 0. The maximum absolute atomic E-state index is 9.13. The highest BCUT2D eigenvalue weighted by molar-refractivity contribution is 5.63. The first-order valence-electron chi connectivity index (χ1n) is 4.92. The molecular weight excluding hydrogens is 212 g/mol. The molecule has 0 heterocycles. The van der Waals surface area contributed by atoms with Crippen LogP contribution >= 0.6 is 0 Å². The molecule has 0 unspecified atom stereocenters. The van der Waals surface area contributed by atoms with Gasteiger partial charge in [0.1, 0.15) is 0 Å². The van der Waals surface area contributed by atoms with Crippen LogP contribution in [0, 0.1) is 11.8 Å². The average molecular weight is 238 g/mol. The van der Waals surface area contributed by atoms with Crippen molar-refractivity contribution in [1.29, 1.82) is 0 Å². The Balaban J connectivity index is -0.0000000610. The second kappa shape index (κ2) is 23.5. The van der Waals surface area contributed by atoms with Gasteiger partial charge >= 0.3 is 6.09 Å². The Labute approximate surface area is 97.8 Å². The minimum absolute atomic E-state index is 0.250. The second-order valence-electron chi connectivity index (χ2n) is 4.02. The van der Waals surface area contributed by atoms with Crippen molar-refractivity contribution < 1.29 is 19.8 Å². The van der Waals surface area contributed by atoms with E-state index in [2.05, 4.69) is 47.4 Å². The molecule has 0 aliphatic heterocycles. The molecule has 100 valence electrons. The van der Waals surface area contributed by atoms with Crippen LogP contribution in [0.25, 0.3) is 0 Å². The fourth-order valence-corrected chi connectivity index (χ4v) is 0. The molecule has 0 saturated heterocycles. The Morgan fingerprint density at radius 3 is 1.19 bits per heavy atom. The summed E-state index contributed by atoms with van der Waals surface area (Å²) in [5, 5.41) is 14.4. The zero-order valence-electron chi connectivity index (χ0n) is 11.0.